The zero-order chi connectivity index (χ0) is 12.1. The summed E-state index contributed by atoms with van der Waals surface area (Å²) in [7, 11) is 0. The van der Waals surface area contributed by atoms with Gasteiger partial charge >= 0.3 is 5.97 Å². The van der Waals surface area contributed by atoms with E-state index in [1.54, 1.807) is 0 Å². The molecule has 1 amide bonds. The normalized spacial score (nSPS) is 10.4. The van der Waals surface area contributed by atoms with E-state index >= 15 is 0 Å². The SMILES string of the molecule is CC(C)N(CCC(=O)O)C(=O)c1ncn[nH]1. The molecule has 0 unspecified atom stereocenters. The van der Waals surface area contributed by atoms with Crippen LogP contribution < -0.4 is 0 Å². The number of nitrogens with one attached hydrogen (secondary N) is 1. The predicted molar refractivity (Wildman–Crippen MR) is 54.8 cm³/mol. The monoisotopic (exact) mass is 226 g/mol. The highest BCUT2D eigenvalue weighted by Gasteiger charge is 2.21. The Morgan fingerprint density at radius 2 is 2.25 bits per heavy atom. The van der Waals surface area contributed by atoms with Crippen LogP contribution in [0.15, 0.2) is 6.33 Å². The lowest BCUT2D eigenvalue weighted by molar-refractivity contribution is -0.137. The van der Waals surface area contributed by atoms with Crippen molar-refractivity contribution in [2.75, 3.05) is 6.54 Å². The number of aromatic amines is 1. The molecule has 1 aromatic heterocycles. The maximum atomic E-state index is 11.9. The average molecular weight is 226 g/mol. The number of amides is 1. The third-order valence-electron chi connectivity index (χ3n) is 2.07. The van der Waals surface area contributed by atoms with Crippen molar-refractivity contribution in [3.8, 4) is 0 Å². The average Bonchev–Trinajstić information content (AvgIpc) is 2.69. The smallest absolute Gasteiger partial charge is 0.305 e. The molecular weight excluding hydrogens is 212 g/mol. The van der Waals surface area contributed by atoms with E-state index in [9.17, 15) is 9.59 Å². The number of rotatable bonds is 5. The number of carboxylic acids is 1. The van der Waals surface area contributed by atoms with Crippen molar-refractivity contribution in [3.63, 3.8) is 0 Å². The van der Waals surface area contributed by atoms with Gasteiger partial charge in [0.25, 0.3) is 5.91 Å². The molecule has 1 rings (SSSR count). The molecule has 7 heteroatoms. The Hall–Kier alpha value is -1.92. The highest BCUT2D eigenvalue weighted by atomic mass is 16.4. The highest BCUT2D eigenvalue weighted by molar-refractivity contribution is 5.90. The van der Waals surface area contributed by atoms with E-state index in [1.165, 1.54) is 11.2 Å². The van der Waals surface area contributed by atoms with Gasteiger partial charge in [0.15, 0.2) is 0 Å². The molecule has 1 heterocycles. The lowest BCUT2D eigenvalue weighted by atomic mass is 10.2. The molecule has 0 aromatic carbocycles. The number of nitrogens with zero attached hydrogens (tertiary/aromatic N) is 3. The minimum atomic E-state index is -0.934. The lowest BCUT2D eigenvalue weighted by Crippen LogP contribution is -2.39. The van der Waals surface area contributed by atoms with Crippen LogP contribution in [0.5, 0.6) is 0 Å². The van der Waals surface area contributed by atoms with E-state index in [-0.39, 0.29) is 30.7 Å². The fourth-order valence-electron chi connectivity index (χ4n) is 1.25. The second kappa shape index (κ2) is 5.24. The van der Waals surface area contributed by atoms with E-state index < -0.39 is 5.97 Å². The van der Waals surface area contributed by atoms with Gasteiger partial charge in [0.05, 0.1) is 6.42 Å². The molecule has 0 atom stereocenters. The van der Waals surface area contributed by atoms with Gasteiger partial charge in [-0.1, -0.05) is 0 Å². The molecule has 0 fully saturated rings. The Kier molecular flexibility index (Phi) is 3.98. The van der Waals surface area contributed by atoms with Crippen LogP contribution in [0.4, 0.5) is 0 Å². The number of carbonyl (C=O) groups is 2. The molecule has 88 valence electrons. The summed E-state index contributed by atoms with van der Waals surface area (Å²) in [4.78, 5) is 27.5. The maximum absolute atomic E-state index is 11.9. The van der Waals surface area contributed by atoms with Crippen molar-refractivity contribution in [1.29, 1.82) is 0 Å². The van der Waals surface area contributed by atoms with Gasteiger partial charge in [-0.15, -0.1) is 0 Å². The summed E-state index contributed by atoms with van der Waals surface area (Å²) in [5, 5.41) is 14.6. The fraction of sp³-hybridized carbons (Fsp3) is 0.556. The minimum Gasteiger partial charge on any atom is -0.481 e. The van der Waals surface area contributed by atoms with E-state index in [0.29, 0.717) is 0 Å². The Morgan fingerprint density at radius 3 is 2.69 bits per heavy atom. The van der Waals surface area contributed by atoms with Crippen molar-refractivity contribution >= 4 is 11.9 Å². The summed E-state index contributed by atoms with van der Waals surface area (Å²) in [6.45, 7) is 3.79. The number of carbonyl (C=O) groups excluding carboxylic acids is 1. The Bertz CT molecular complexity index is 361. The zero-order valence-electron chi connectivity index (χ0n) is 9.17. The van der Waals surface area contributed by atoms with E-state index in [0.717, 1.165) is 0 Å². The molecule has 0 aliphatic carbocycles. The largest absolute Gasteiger partial charge is 0.481 e. The standard InChI is InChI=1S/C9H14N4O3/c1-6(2)13(4-3-7(14)15)9(16)8-10-5-11-12-8/h5-6H,3-4H2,1-2H3,(H,14,15)(H,10,11,12). The third kappa shape index (κ3) is 3.04. The summed E-state index contributed by atoms with van der Waals surface area (Å²) in [5.41, 5.74) is 0. The molecule has 0 saturated heterocycles. The Balaban J connectivity index is 2.70. The molecule has 2 N–H and O–H groups in total. The van der Waals surface area contributed by atoms with Crippen LogP contribution >= 0.6 is 0 Å². The number of aromatic nitrogens is 3. The van der Waals surface area contributed by atoms with Crippen LogP contribution in [0, 0.1) is 0 Å². The van der Waals surface area contributed by atoms with Crippen LogP contribution in [-0.2, 0) is 4.79 Å². The topological polar surface area (TPSA) is 99.2 Å². The van der Waals surface area contributed by atoms with Crippen LogP contribution in [0.2, 0.25) is 0 Å². The molecule has 0 bridgehead atoms. The van der Waals surface area contributed by atoms with Gasteiger partial charge in [-0.2, -0.15) is 5.10 Å². The quantitative estimate of drug-likeness (QED) is 0.743. The van der Waals surface area contributed by atoms with Crippen LogP contribution in [0.1, 0.15) is 30.9 Å². The van der Waals surface area contributed by atoms with Gasteiger partial charge in [-0.05, 0) is 13.8 Å². The number of aliphatic carboxylic acids is 1. The summed E-state index contributed by atoms with van der Waals surface area (Å²) in [6.07, 6.45) is 1.15. The molecule has 0 saturated carbocycles. The van der Waals surface area contributed by atoms with Gasteiger partial charge in [0.2, 0.25) is 5.82 Å². The zero-order valence-corrected chi connectivity index (χ0v) is 9.17. The van der Waals surface area contributed by atoms with Crippen molar-refractivity contribution in [2.45, 2.75) is 26.3 Å². The molecule has 0 aliphatic rings. The third-order valence-corrected chi connectivity index (χ3v) is 2.07. The maximum Gasteiger partial charge on any atom is 0.305 e. The number of hydrogen-bond acceptors (Lipinski definition) is 4. The van der Waals surface area contributed by atoms with E-state index in [1.807, 2.05) is 13.8 Å². The molecule has 1 aromatic rings. The van der Waals surface area contributed by atoms with E-state index in [4.69, 9.17) is 5.11 Å². The predicted octanol–water partition coefficient (Wildman–Crippen LogP) is 0.130. The Labute approximate surface area is 92.5 Å². The summed E-state index contributed by atoms with van der Waals surface area (Å²) < 4.78 is 0. The summed E-state index contributed by atoms with van der Waals surface area (Å²) in [6, 6.07) is -0.0862. The van der Waals surface area contributed by atoms with Crippen molar-refractivity contribution in [1.82, 2.24) is 20.1 Å². The molecule has 0 spiro atoms. The van der Waals surface area contributed by atoms with Crippen molar-refractivity contribution in [3.05, 3.63) is 12.2 Å². The lowest BCUT2D eigenvalue weighted by Gasteiger charge is -2.24. The van der Waals surface area contributed by atoms with Crippen LogP contribution in [0.3, 0.4) is 0 Å². The number of carboxylic acid groups (broad SMARTS) is 1. The summed E-state index contributed by atoms with van der Waals surface area (Å²) in [5.74, 6) is -1.15. The van der Waals surface area contributed by atoms with Crippen molar-refractivity contribution < 1.29 is 14.7 Å². The number of hydrogen-bond donors (Lipinski definition) is 2. The van der Waals surface area contributed by atoms with Crippen LogP contribution in [0.25, 0.3) is 0 Å². The van der Waals surface area contributed by atoms with Gasteiger partial charge in [-0.25, -0.2) is 4.98 Å². The first-order valence-electron chi connectivity index (χ1n) is 4.90. The summed E-state index contributed by atoms with van der Waals surface area (Å²) >= 11 is 0. The fourth-order valence-corrected chi connectivity index (χ4v) is 1.25. The first-order valence-corrected chi connectivity index (χ1v) is 4.90. The first kappa shape index (κ1) is 12.2. The van der Waals surface area contributed by atoms with Gasteiger partial charge in [0.1, 0.15) is 6.33 Å². The molecule has 0 aliphatic heterocycles. The minimum absolute atomic E-state index is 0.0853. The first-order chi connectivity index (χ1) is 7.52. The van der Waals surface area contributed by atoms with Gasteiger partial charge in [0, 0.05) is 12.6 Å². The second-order valence-electron chi connectivity index (χ2n) is 3.57. The van der Waals surface area contributed by atoms with Gasteiger partial charge in [-0.3, -0.25) is 14.7 Å². The molecular formula is C9H14N4O3. The van der Waals surface area contributed by atoms with E-state index in [2.05, 4.69) is 15.2 Å². The Morgan fingerprint density at radius 1 is 1.56 bits per heavy atom. The van der Waals surface area contributed by atoms with Crippen LogP contribution in [-0.4, -0.2) is 49.7 Å². The molecule has 7 nitrogen and oxygen atoms in total. The van der Waals surface area contributed by atoms with Crippen molar-refractivity contribution in [2.24, 2.45) is 0 Å². The second-order valence-corrected chi connectivity index (χ2v) is 3.57. The highest BCUT2D eigenvalue weighted by Crippen LogP contribution is 2.05. The molecule has 0 radical (unpaired) electrons. The van der Waals surface area contributed by atoms with Gasteiger partial charge < -0.3 is 10.0 Å². The molecule has 16 heavy (non-hydrogen) atoms. The number of H-pyrrole nitrogens is 1.